The molecule has 0 saturated carbocycles. The molecule has 1 aromatic heterocycles. The van der Waals surface area contributed by atoms with Crippen molar-refractivity contribution < 1.29 is 13.6 Å². The van der Waals surface area contributed by atoms with Crippen LogP contribution < -0.4 is 15.6 Å². The molecule has 0 saturated heterocycles. The third kappa shape index (κ3) is 4.78. The van der Waals surface area contributed by atoms with E-state index in [0.29, 0.717) is 42.5 Å². The van der Waals surface area contributed by atoms with E-state index in [1.807, 2.05) is 47.3 Å². The normalized spacial score (nSPS) is 20.9. The number of aromatic nitrogens is 1. The number of nitrogens with zero attached hydrogens (tertiary/aromatic N) is 5. The average Bonchev–Trinajstić information content (AvgIpc) is 3.51. The molecule has 2 aliphatic rings. The van der Waals surface area contributed by atoms with Crippen LogP contribution in [0, 0.1) is 17.6 Å². The topological polar surface area (TPSA) is 78.1 Å². The molecule has 2 aliphatic heterocycles. The summed E-state index contributed by atoms with van der Waals surface area (Å²) in [6.07, 6.45) is 1.90. The summed E-state index contributed by atoms with van der Waals surface area (Å²) in [7, 11) is 5.47. The van der Waals surface area contributed by atoms with E-state index in [0.717, 1.165) is 28.4 Å². The molecule has 3 aromatic rings. The Morgan fingerprint density at radius 1 is 1.21 bits per heavy atom. The number of halogens is 2. The highest BCUT2D eigenvalue weighted by Crippen LogP contribution is 2.54. The van der Waals surface area contributed by atoms with Crippen molar-refractivity contribution in [3.63, 3.8) is 0 Å². The maximum Gasteiger partial charge on any atom is 0.227 e. The van der Waals surface area contributed by atoms with E-state index < -0.39 is 16.5 Å². The lowest BCUT2D eigenvalue weighted by Crippen LogP contribution is -2.41. The first-order valence-corrected chi connectivity index (χ1v) is 14.1. The summed E-state index contributed by atoms with van der Waals surface area (Å²) in [6.45, 7) is 1.04. The molecule has 2 aromatic carbocycles. The Morgan fingerprint density at radius 2 is 1.97 bits per heavy atom. The Balaban J connectivity index is 1.63. The van der Waals surface area contributed by atoms with Crippen LogP contribution in [0.3, 0.4) is 0 Å². The Bertz CT molecular complexity index is 1360. The highest BCUT2D eigenvalue weighted by atomic mass is 32.2. The molecule has 1 amide bonds. The zero-order valence-electron chi connectivity index (χ0n) is 21.5. The van der Waals surface area contributed by atoms with Crippen LogP contribution in [0.2, 0.25) is 0 Å². The number of thioether (sulfide) groups is 1. The van der Waals surface area contributed by atoms with E-state index in [1.165, 1.54) is 29.2 Å². The molecule has 2 atom stereocenters. The van der Waals surface area contributed by atoms with Crippen LogP contribution in [0.1, 0.15) is 28.8 Å². The summed E-state index contributed by atoms with van der Waals surface area (Å²) in [4.78, 5) is 21.6. The Kier molecular flexibility index (Phi) is 7.43. The second kappa shape index (κ2) is 10.6. The Hall–Kier alpha value is -3.02. The highest BCUT2D eigenvalue weighted by molar-refractivity contribution is 8.15. The van der Waals surface area contributed by atoms with Crippen LogP contribution >= 0.6 is 23.1 Å². The molecule has 0 aliphatic carbocycles. The van der Waals surface area contributed by atoms with E-state index in [4.69, 9.17) is 15.8 Å². The lowest BCUT2D eigenvalue weighted by Gasteiger charge is -2.35. The van der Waals surface area contributed by atoms with Gasteiger partial charge in [0.1, 0.15) is 27.4 Å². The van der Waals surface area contributed by atoms with Crippen molar-refractivity contribution in [3.8, 4) is 0 Å². The van der Waals surface area contributed by atoms with Crippen LogP contribution in [0.5, 0.6) is 0 Å². The van der Waals surface area contributed by atoms with Crippen molar-refractivity contribution in [2.24, 2.45) is 16.8 Å². The molecule has 3 heterocycles. The molecule has 0 radical (unpaired) electrons. The zero-order chi connectivity index (χ0) is 27.0. The number of benzene rings is 2. The predicted octanol–water partition coefficient (Wildman–Crippen LogP) is 4.62. The van der Waals surface area contributed by atoms with Gasteiger partial charge in [0.15, 0.2) is 0 Å². The molecule has 5 rings (SSSR count). The third-order valence-electron chi connectivity index (χ3n) is 6.83. The SMILES string of the molecule is CN(C)C(=O)C1Cc2sc(N3N=C(c4cc(F)ccc4F)SC3(CCCN)c3ccccc3)nc2N(C)C1. The van der Waals surface area contributed by atoms with E-state index in [9.17, 15) is 13.6 Å². The molecule has 2 N–H and O–H groups in total. The first-order chi connectivity index (χ1) is 18.2. The number of amides is 1. The molecule has 2 unspecified atom stereocenters. The minimum Gasteiger partial charge on any atom is -0.358 e. The summed E-state index contributed by atoms with van der Waals surface area (Å²) in [6, 6.07) is 13.3. The first-order valence-electron chi connectivity index (χ1n) is 12.4. The van der Waals surface area contributed by atoms with Gasteiger partial charge in [0.25, 0.3) is 0 Å². The second-order valence-corrected chi connectivity index (χ2v) is 12.1. The van der Waals surface area contributed by atoms with Gasteiger partial charge in [-0.1, -0.05) is 53.4 Å². The maximum atomic E-state index is 14.9. The van der Waals surface area contributed by atoms with Crippen LogP contribution in [-0.4, -0.2) is 55.1 Å². The number of nitrogens with two attached hydrogens (primary N) is 1. The van der Waals surface area contributed by atoms with Gasteiger partial charge in [-0.3, -0.25) is 4.79 Å². The van der Waals surface area contributed by atoms with Gasteiger partial charge in [-0.2, -0.15) is 5.10 Å². The molecule has 0 fully saturated rings. The minimum absolute atomic E-state index is 0.0812. The summed E-state index contributed by atoms with van der Waals surface area (Å²) >= 11 is 2.88. The second-order valence-electron chi connectivity index (χ2n) is 9.74. The van der Waals surface area contributed by atoms with Crippen LogP contribution in [0.25, 0.3) is 0 Å². The monoisotopic (exact) mass is 556 g/mol. The lowest BCUT2D eigenvalue weighted by atomic mass is 9.99. The standard InChI is InChI=1S/C27H30F2N6OS2/c1-33(2)25(36)17-14-22-23(34(3)16-17)31-26(37-22)35-27(12-7-13-30,18-8-5-4-6-9-18)38-24(32-35)20-15-19(28)10-11-21(20)29/h4-6,8-11,15,17H,7,12-14,16,30H2,1-3H3. The Morgan fingerprint density at radius 3 is 2.68 bits per heavy atom. The molecule has 0 bridgehead atoms. The van der Waals surface area contributed by atoms with E-state index in [1.54, 1.807) is 19.0 Å². The number of hydrazone groups is 1. The fraction of sp³-hybridized carbons (Fsp3) is 0.370. The zero-order valence-corrected chi connectivity index (χ0v) is 23.2. The lowest BCUT2D eigenvalue weighted by molar-refractivity contribution is -0.132. The Labute approximate surface area is 229 Å². The largest absolute Gasteiger partial charge is 0.358 e. The number of carbonyl (C=O) groups is 1. The highest BCUT2D eigenvalue weighted by Gasteiger charge is 2.48. The molecule has 200 valence electrons. The maximum absolute atomic E-state index is 14.9. The molecule has 7 nitrogen and oxygen atoms in total. The van der Waals surface area contributed by atoms with Gasteiger partial charge >= 0.3 is 0 Å². The van der Waals surface area contributed by atoms with E-state index in [-0.39, 0.29) is 17.4 Å². The molecular formula is C27H30F2N6OS2. The van der Waals surface area contributed by atoms with Crippen LogP contribution in [0.15, 0.2) is 53.6 Å². The quantitative estimate of drug-likeness (QED) is 0.458. The molecular weight excluding hydrogens is 526 g/mol. The van der Waals surface area contributed by atoms with Crippen LogP contribution in [0.4, 0.5) is 19.7 Å². The number of hydrogen-bond donors (Lipinski definition) is 1. The number of rotatable bonds is 7. The molecule has 38 heavy (non-hydrogen) atoms. The number of hydrogen-bond acceptors (Lipinski definition) is 8. The van der Waals surface area contributed by atoms with E-state index >= 15 is 0 Å². The number of anilines is 2. The number of thiazole rings is 1. The predicted molar refractivity (Wildman–Crippen MR) is 151 cm³/mol. The van der Waals surface area contributed by atoms with Crippen molar-refractivity contribution in [2.75, 3.05) is 44.1 Å². The van der Waals surface area contributed by atoms with Crippen molar-refractivity contribution in [1.29, 1.82) is 0 Å². The first kappa shape index (κ1) is 26.6. The fourth-order valence-corrected chi connectivity index (χ4v) is 7.67. The average molecular weight is 557 g/mol. The molecule has 11 heteroatoms. The van der Waals surface area contributed by atoms with E-state index in [2.05, 4.69) is 0 Å². The van der Waals surface area contributed by atoms with Gasteiger partial charge in [0, 0.05) is 33.3 Å². The van der Waals surface area contributed by atoms with Gasteiger partial charge in [0.2, 0.25) is 11.0 Å². The van der Waals surface area contributed by atoms with Crippen LogP contribution in [-0.2, 0) is 16.1 Å². The van der Waals surface area contributed by atoms with Crippen molar-refractivity contribution in [3.05, 3.63) is 76.2 Å². The van der Waals surface area contributed by atoms with Gasteiger partial charge in [-0.25, -0.2) is 18.8 Å². The summed E-state index contributed by atoms with van der Waals surface area (Å²) in [5.41, 5.74) is 7.03. The summed E-state index contributed by atoms with van der Waals surface area (Å²) < 4.78 is 29.1. The molecule has 0 spiro atoms. The van der Waals surface area contributed by atoms with Crippen molar-refractivity contribution in [2.45, 2.75) is 24.1 Å². The van der Waals surface area contributed by atoms with Gasteiger partial charge < -0.3 is 15.5 Å². The smallest absolute Gasteiger partial charge is 0.227 e. The fourth-order valence-electron chi connectivity index (χ4n) is 4.97. The third-order valence-corrected chi connectivity index (χ3v) is 9.31. The minimum atomic E-state index is -0.757. The van der Waals surface area contributed by atoms with Gasteiger partial charge in [0.05, 0.1) is 10.8 Å². The van der Waals surface area contributed by atoms with Gasteiger partial charge in [-0.15, -0.1) is 0 Å². The van der Waals surface area contributed by atoms with Gasteiger partial charge in [-0.05, 0) is 49.6 Å². The van der Waals surface area contributed by atoms with Crippen molar-refractivity contribution >= 4 is 45.0 Å². The van der Waals surface area contributed by atoms with Crippen molar-refractivity contribution in [1.82, 2.24) is 9.88 Å². The summed E-state index contributed by atoms with van der Waals surface area (Å²) in [5.74, 6) is -0.334. The number of fused-ring (bicyclic) bond motifs is 1. The number of carbonyl (C=O) groups excluding carboxylic acids is 1. The summed E-state index contributed by atoms with van der Waals surface area (Å²) in [5, 5.41) is 7.75.